The first-order chi connectivity index (χ1) is 14.0. The van der Waals surface area contributed by atoms with Crippen molar-refractivity contribution in [3.8, 4) is 0 Å². The lowest BCUT2D eigenvalue weighted by atomic mass is 10.1. The maximum absolute atomic E-state index is 15.0. The number of hydrogen-bond donors (Lipinski definition) is 3. The topological polar surface area (TPSA) is 113 Å². The van der Waals surface area contributed by atoms with Crippen molar-refractivity contribution in [1.29, 1.82) is 0 Å². The van der Waals surface area contributed by atoms with E-state index in [2.05, 4.69) is 9.69 Å². The molecule has 152 valence electrons. The smallest absolute Gasteiger partial charge is 0.271 e. The monoisotopic (exact) mass is 417 g/mol. The average Bonchev–Trinajstić information content (AvgIpc) is 3.31. The number of nitrogens with two attached hydrogens (primary N) is 1. The average molecular weight is 417 g/mol. The van der Waals surface area contributed by atoms with Crippen LogP contribution in [0.5, 0.6) is 0 Å². The van der Waals surface area contributed by atoms with E-state index in [9.17, 15) is 14.4 Å². The molecule has 0 bridgehead atoms. The Morgan fingerprint density at radius 2 is 2.10 bits per heavy atom. The molecule has 1 aliphatic carbocycles. The van der Waals surface area contributed by atoms with Crippen molar-refractivity contribution in [2.45, 2.75) is 31.3 Å². The van der Waals surface area contributed by atoms with Crippen LogP contribution in [0.25, 0.3) is 21.1 Å². The zero-order valence-corrected chi connectivity index (χ0v) is 16.4. The third kappa shape index (κ3) is 2.94. The molecule has 1 amide bonds. The number of nitrogens with one attached hydrogen (secondary N) is 2. The predicted octanol–water partition coefficient (Wildman–Crippen LogP) is 1.03. The molecule has 10 heteroatoms. The third-order valence-corrected chi connectivity index (χ3v) is 6.57. The first-order valence-corrected chi connectivity index (χ1v) is 10.4. The first-order valence-electron chi connectivity index (χ1n) is 9.61. The number of carbonyl (C=O) groups excluding carboxylic acids is 1. The molecule has 5 rings (SSSR count). The largest absolute Gasteiger partial charge is 0.367 e. The Bertz CT molecular complexity index is 1260. The molecule has 2 aliphatic rings. The lowest BCUT2D eigenvalue weighted by Gasteiger charge is -2.21. The Labute approximate surface area is 168 Å². The number of aromatic nitrogens is 2. The highest BCUT2D eigenvalue weighted by molar-refractivity contribution is 7.12. The number of halogens is 1. The summed E-state index contributed by atoms with van der Waals surface area (Å²) >= 11 is 1.15. The van der Waals surface area contributed by atoms with Gasteiger partial charge in [0.2, 0.25) is 11.3 Å². The molecule has 0 radical (unpaired) electrons. The first kappa shape index (κ1) is 18.3. The van der Waals surface area contributed by atoms with Crippen molar-refractivity contribution in [2.24, 2.45) is 5.73 Å². The highest BCUT2D eigenvalue weighted by atomic mass is 32.1. The summed E-state index contributed by atoms with van der Waals surface area (Å²) in [6.07, 6.45) is 2.61. The van der Waals surface area contributed by atoms with Crippen LogP contribution in [0.4, 0.5) is 10.1 Å². The van der Waals surface area contributed by atoms with Gasteiger partial charge in [0.15, 0.2) is 0 Å². The minimum absolute atomic E-state index is 0.0793. The second-order valence-corrected chi connectivity index (χ2v) is 8.46. The lowest BCUT2D eigenvalue weighted by Crippen LogP contribution is -2.40. The van der Waals surface area contributed by atoms with Gasteiger partial charge in [-0.05, 0) is 42.9 Å². The molecule has 29 heavy (non-hydrogen) atoms. The molecule has 4 N–H and O–H groups in total. The van der Waals surface area contributed by atoms with Gasteiger partial charge in [-0.15, -0.1) is 0 Å². The fraction of sp³-hybridized carbons (Fsp3) is 0.421. The molecule has 1 unspecified atom stereocenters. The third-order valence-electron chi connectivity index (χ3n) is 5.69. The van der Waals surface area contributed by atoms with Crippen LogP contribution >= 0.6 is 11.5 Å². The molecule has 3 aromatic rings. The molecule has 8 nitrogen and oxygen atoms in total. The molecule has 3 heterocycles. The number of rotatable bonds is 4. The Hall–Kier alpha value is -2.72. The standard InChI is InChI=1S/C19H20FN5O3S/c20-12-5-11-13(6-14(12)24-4-3-9(8-24)22-15(26)7-21)25(10-1-2-10)19-16(17(11)27)18(28)23-29-19/h5-6,9-10H,1-4,7-8,21H2,(H,22,26)(H,23,28). The summed E-state index contributed by atoms with van der Waals surface area (Å²) in [5.74, 6) is -0.739. The van der Waals surface area contributed by atoms with E-state index in [0.29, 0.717) is 35.5 Å². The summed E-state index contributed by atoms with van der Waals surface area (Å²) in [7, 11) is 0. The summed E-state index contributed by atoms with van der Waals surface area (Å²) in [6.45, 7) is 0.983. The summed E-state index contributed by atoms with van der Waals surface area (Å²) in [4.78, 5) is 39.1. The SMILES string of the molecule is NCC(=O)NC1CCN(c2cc3c(cc2F)c(=O)c2c(=O)[nH]sc2n3C2CC2)C1. The molecule has 1 saturated carbocycles. The van der Waals surface area contributed by atoms with Gasteiger partial charge in [0.25, 0.3) is 5.56 Å². The molecule has 1 atom stereocenters. The van der Waals surface area contributed by atoms with Crippen LogP contribution in [0.15, 0.2) is 21.7 Å². The number of amides is 1. The zero-order chi connectivity index (χ0) is 20.3. The zero-order valence-electron chi connectivity index (χ0n) is 15.5. The molecule has 1 aliphatic heterocycles. The van der Waals surface area contributed by atoms with Gasteiger partial charge < -0.3 is 20.5 Å². The number of anilines is 1. The molecule has 1 aromatic carbocycles. The van der Waals surface area contributed by atoms with Crippen LogP contribution in [-0.4, -0.2) is 40.5 Å². The van der Waals surface area contributed by atoms with Crippen LogP contribution in [0, 0.1) is 5.82 Å². The number of carbonyl (C=O) groups is 1. The normalized spacial score (nSPS) is 19.4. The van der Waals surface area contributed by atoms with Crippen LogP contribution in [0.2, 0.25) is 0 Å². The quantitative estimate of drug-likeness (QED) is 0.587. The minimum atomic E-state index is -0.506. The summed E-state index contributed by atoms with van der Waals surface area (Å²) in [5, 5.41) is 3.17. The van der Waals surface area contributed by atoms with E-state index in [-0.39, 0.29) is 35.3 Å². The van der Waals surface area contributed by atoms with Crippen LogP contribution in [0.3, 0.4) is 0 Å². The van der Waals surface area contributed by atoms with E-state index in [1.54, 1.807) is 6.07 Å². The Morgan fingerprint density at radius 1 is 1.31 bits per heavy atom. The van der Waals surface area contributed by atoms with Gasteiger partial charge in [-0.3, -0.25) is 18.8 Å². The number of aromatic amines is 1. The van der Waals surface area contributed by atoms with Crippen molar-refractivity contribution < 1.29 is 9.18 Å². The van der Waals surface area contributed by atoms with E-state index in [1.807, 2.05) is 9.47 Å². The maximum atomic E-state index is 15.0. The number of pyridine rings is 1. The van der Waals surface area contributed by atoms with Crippen LogP contribution in [0.1, 0.15) is 25.3 Å². The predicted molar refractivity (Wildman–Crippen MR) is 110 cm³/mol. The van der Waals surface area contributed by atoms with Crippen molar-refractivity contribution in [3.05, 3.63) is 38.5 Å². The van der Waals surface area contributed by atoms with Gasteiger partial charge in [0.1, 0.15) is 16.0 Å². The van der Waals surface area contributed by atoms with Crippen molar-refractivity contribution in [1.82, 2.24) is 14.3 Å². The molecule has 0 spiro atoms. The summed E-state index contributed by atoms with van der Waals surface area (Å²) in [6, 6.07) is 3.07. The van der Waals surface area contributed by atoms with Gasteiger partial charge in [-0.2, -0.15) is 0 Å². The van der Waals surface area contributed by atoms with E-state index in [1.165, 1.54) is 6.07 Å². The van der Waals surface area contributed by atoms with Gasteiger partial charge in [0, 0.05) is 30.6 Å². The van der Waals surface area contributed by atoms with E-state index >= 15 is 4.39 Å². The van der Waals surface area contributed by atoms with Gasteiger partial charge in [-0.1, -0.05) is 0 Å². The highest BCUT2D eigenvalue weighted by Crippen LogP contribution is 2.41. The van der Waals surface area contributed by atoms with E-state index in [4.69, 9.17) is 5.73 Å². The molecular weight excluding hydrogens is 397 g/mol. The van der Waals surface area contributed by atoms with Gasteiger partial charge in [0.05, 0.1) is 17.7 Å². The number of fused-ring (bicyclic) bond motifs is 2. The number of nitrogens with zero attached hydrogens (tertiary/aromatic N) is 2. The van der Waals surface area contributed by atoms with Crippen molar-refractivity contribution >= 4 is 44.2 Å². The Morgan fingerprint density at radius 3 is 2.83 bits per heavy atom. The van der Waals surface area contributed by atoms with Gasteiger partial charge in [-0.25, -0.2) is 4.39 Å². The lowest BCUT2D eigenvalue weighted by molar-refractivity contribution is -0.120. The second-order valence-electron chi connectivity index (χ2n) is 7.67. The van der Waals surface area contributed by atoms with E-state index < -0.39 is 16.8 Å². The minimum Gasteiger partial charge on any atom is -0.367 e. The fourth-order valence-electron chi connectivity index (χ4n) is 4.16. The van der Waals surface area contributed by atoms with Gasteiger partial charge >= 0.3 is 0 Å². The van der Waals surface area contributed by atoms with Crippen LogP contribution < -0.4 is 26.9 Å². The maximum Gasteiger partial charge on any atom is 0.271 e. The summed E-state index contributed by atoms with van der Waals surface area (Å²) < 4.78 is 19.6. The highest BCUT2D eigenvalue weighted by Gasteiger charge is 2.31. The molecular formula is C19H20FN5O3S. The van der Waals surface area contributed by atoms with Crippen molar-refractivity contribution in [2.75, 3.05) is 24.5 Å². The summed E-state index contributed by atoms with van der Waals surface area (Å²) in [5.41, 5.74) is 5.54. The second kappa shape index (κ2) is 6.67. The number of benzene rings is 1. The fourth-order valence-corrected chi connectivity index (χ4v) is 5.09. The molecule has 2 fully saturated rings. The van der Waals surface area contributed by atoms with E-state index in [0.717, 1.165) is 24.4 Å². The Balaban J connectivity index is 1.64. The van der Waals surface area contributed by atoms with Crippen LogP contribution in [-0.2, 0) is 4.79 Å². The number of H-pyrrole nitrogens is 1. The Kier molecular flexibility index (Phi) is 4.21. The van der Waals surface area contributed by atoms with Crippen molar-refractivity contribution in [3.63, 3.8) is 0 Å². The molecule has 2 aromatic heterocycles. The molecule has 1 saturated heterocycles. The number of hydrogen-bond acceptors (Lipinski definition) is 6.